The van der Waals surface area contributed by atoms with Gasteiger partial charge >= 0.3 is 0 Å². The minimum absolute atomic E-state index is 0.0110. The molecule has 0 atom stereocenters. The minimum Gasteiger partial charge on any atom is -0.464 e. The van der Waals surface area contributed by atoms with Crippen LogP contribution in [-0.2, 0) is 16.2 Å². The number of benzene rings is 7. The highest BCUT2D eigenvalue weighted by molar-refractivity contribution is 7.40. The van der Waals surface area contributed by atoms with Gasteiger partial charge in [-0.3, -0.25) is 0 Å². The number of anilines is 6. The summed E-state index contributed by atoms with van der Waals surface area (Å²) >= 11 is 3.98. The Bertz CT molecular complexity index is 3820. The van der Waals surface area contributed by atoms with Crippen molar-refractivity contribution < 1.29 is 8.83 Å². The van der Waals surface area contributed by atoms with Gasteiger partial charge in [0.2, 0.25) is 0 Å². The van der Waals surface area contributed by atoms with E-state index in [1.54, 1.807) is 0 Å². The highest BCUT2D eigenvalue weighted by atomic mass is 32.1. The largest absolute Gasteiger partial charge is 0.464 e. The maximum atomic E-state index is 6.15. The van der Waals surface area contributed by atoms with Crippen molar-refractivity contribution >= 4 is 121 Å². The Hall–Kier alpha value is -6.80. The van der Waals surface area contributed by atoms with Crippen LogP contribution in [0.2, 0.25) is 0 Å². The van der Waals surface area contributed by atoms with E-state index in [-0.39, 0.29) is 23.0 Å². The van der Waals surface area contributed by atoms with Crippen LogP contribution in [0.3, 0.4) is 0 Å². The number of hydrogen-bond donors (Lipinski definition) is 0. The summed E-state index contributed by atoms with van der Waals surface area (Å²) in [6, 6.07) is 46.0. The second-order valence-electron chi connectivity index (χ2n) is 24.0. The molecular formula is C66H61BN2O2S2. The highest BCUT2D eigenvalue weighted by Gasteiger charge is 2.48. The van der Waals surface area contributed by atoms with E-state index in [1.165, 1.54) is 119 Å². The lowest BCUT2D eigenvalue weighted by Gasteiger charge is -2.44. The first-order valence-corrected chi connectivity index (χ1v) is 27.5. The van der Waals surface area contributed by atoms with E-state index >= 15 is 0 Å². The summed E-state index contributed by atoms with van der Waals surface area (Å²) in [5.74, 6) is 0. The molecule has 4 nitrogen and oxygen atoms in total. The van der Waals surface area contributed by atoms with E-state index in [4.69, 9.17) is 8.83 Å². The summed E-state index contributed by atoms with van der Waals surface area (Å²) in [7, 11) is 0. The van der Waals surface area contributed by atoms with E-state index in [1.807, 2.05) is 47.3 Å². The first kappa shape index (κ1) is 46.0. The summed E-state index contributed by atoms with van der Waals surface area (Å²) in [6.45, 7) is 30.4. The number of thiophene rings is 2. The number of hydrogen-bond acceptors (Lipinski definition) is 6. The fourth-order valence-electron chi connectivity index (χ4n) is 12.1. The molecule has 13 rings (SSSR count). The summed E-state index contributed by atoms with van der Waals surface area (Å²) in [6.07, 6.45) is 3.86. The highest BCUT2D eigenvalue weighted by Crippen LogP contribution is 2.54. The first-order valence-electron chi connectivity index (χ1n) is 25.8. The van der Waals surface area contributed by atoms with E-state index in [0.717, 1.165) is 33.1 Å². The van der Waals surface area contributed by atoms with Crippen LogP contribution >= 0.6 is 22.7 Å². The van der Waals surface area contributed by atoms with Crippen LogP contribution in [0, 0.1) is 27.7 Å². The molecule has 0 saturated heterocycles. The second-order valence-corrected chi connectivity index (χ2v) is 26.2. The molecule has 11 aromatic rings. The zero-order valence-corrected chi connectivity index (χ0v) is 45.9. The van der Waals surface area contributed by atoms with Crippen LogP contribution in [0.15, 0.2) is 143 Å². The van der Waals surface area contributed by atoms with Crippen molar-refractivity contribution in [2.75, 3.05) is 9.80 Å². The second kappa shape index (κ2) is 15.9. The van der Waals surface area contributed by atoms with Gasteiger partial charge in [-0.15, -0.1) is 22.7 Å². The molecule has 4 aromatic heterocycles. The zero-order valence-electron chi connectivity index (χ0n) is 44.3. The molecule has 2 aliphatic rings. The molecule has 0 spiro atoms. The molecule has 7 heteroatoms. The van der Waals surface area contributed by atoms with Crippen molar-refractivity contribution in [3.63, 3.8) is 0 Å². The van der Waals surface area contributed by atoms with Crippen LogP contribution in [0.25, 0.3) is 64.4 Å². The van der Waals surface area contributed by atoms with Gasteiger partial charge in [-0.25, -0.2) is 0 Å². The molecule has 2 aliphatic heterocycles. The van der Waals surface area contributed by atoms with Crippen molar-refractivity contribution in [1.29, 1.82) is 0 Å². The molecular weight excluding hydrogens is 928 g/mol. The maximum absolute atomic E-state index is 6.15. The van der Waals surface area contributed by atoms with Gasteiger partial charge in [-0.1, -0.05) is 111 Å². The molecule has 0 aliphatic carbocycles. The molecule has 7 aromatic carbocycles. The standard InChI is InChI=1S/C66H61BN2O2S2/c1-36-26-40(49-34-70-53-20-16-14-18-45(49)53)27-37(2)58(36)68-51-32-44(66(11,12)13)33-52-57(51)67(62-60(68)47-30-42(64(5,6)7)22-24-55(47)72-62)63-61(48-31-43(65(8,9)10)23-25-56(48)73-63)69(52)59-38(3)28-41(29-39(59)4)50-35-71-54-21-17-15-19-46(50)54/h14-35H,1-13H3. The lowest BCUT2D eigenvalue weighted by Crippen LogP contribution is -2.59. The molecule has 73 heavy (non-hydrogen) atoms. The number of aryl methyl sites for hydroxylation is 4. The van der Waals surface area contributed by atoms with Crippen LogP contribution in [0.4, 0.5) is 34.1 Å². The maximum Gasteiger partial charge on any atom is 0.277 e. The first-order chi connectivity index (χ1) is 34.7. The normalized spacial score (nSPS) is 13.7. The van der Waals surface area contributed by atoms with Crippen LogP contribution in [0.1, 0.15) is 101 Å². The lowest BCUT2D eigenvalue weighted by atomic mass is 9.39. The Kier molecular flexibility index (Phi) is 10.00. The number of nitrogens with zero attached hydrogens (tertiary/aromatic N) is 2. The molecule has 0 bridgehead atoms. The van der Waals surface area contributed by atoms with Crippen LogP contribution < -0.4 is 24.8 Å². The van der Waals surface area contributed by atoms with Gasteiger partial charge in [0.25, 0.3) is 6.71 Å². The van der Waals surface area contributed by atoms with Crippen molar-refractivity contribution in [3.8, 4) is 22.3 Å². The number of para-hydroxylation sites is 2. The molecule has 362 valence electrons. The van der Waals surface area contributed by atoms with E-state index in [9.17, 15) is 0 Å². The summed E-state index contributed by atoms with van der Waals surface area (Å²) < 4.78 is 17.7. The van der Waals surface area contributed by atoms with Gasteiger partial charge in [0, 0.05) is 63.0 Å². The molecule has 0 N–H and O–H groups in total. The monoisotopic (exact) mass is 988 g/mol. The average molecular weight is 989 g/mol. The quantitative estimate of drug-likeness (QED) is 0.165. The van der Waals surface area contributed by atoms with Gasteiger partial charge in [0.15, 0.2) is 0 Å². The van der Waals surface area contributed by atoms with Crippen molar-refractivity contribution in [1.82, 2.24) is 0 Å². The third kappa shape index (κ3) is 6.98. The molecule has 0 saturated carbocycles. The lowest BCUT2D eigenvalue weighted by molar-refractivity contribution is 0.590. The van der Waals surface area contributed by atoms with Gasteiger partial charge in [0.05, 0.1) is 35.3 Å². The number of fused-ring (bicyclic) bond motifs is 10. The van der Waals surface area contributed by atoms with Crippen molar-refractivity contribution in [2.45, 2.75) is 106 Å². The summed E-state index contributed by atoms with van der Waals surface area (Å²) in [4.78, 5) is 5.41. The minimum atomic E-state index is -0.169. The van der Waals surface area contributed by atoms with Crippen molar-refractivity contribution in [3.05, 3.63) is 173 Å². The van der Waals surface area contributed by atoms with E-state index < -0.39 is 0 Å². The predicted octanol–water partition coefficient (Wildman–Crippen LogP) is 18.2. The number of rotatable bonds is 4. The van der Waals surface area contributed by atoms with Gasteiger partial charge < -0.3 is 18.6 Å². The van der Waals surface area contributed by atoms with E-state index in [2.05, 4.69) is 209 Å². The van der Waals surface area contributed by atoms with Gasteiger partial charge in [-0.05, 0) is 172 Å². The Labute approximate surface area is 438 Å². The Balaban J connectivity index is 1.15. The predicted molar refractivity (Wildman–Crippen MR) is 317 cm³/mol. The SMILES string of the molecule is Cc1cc(-c2coc3ccccc23)cc(C)c1N1c2cc(C(C)(C)C)cc3c2B(c2sc4ccc(C(C)(C)C)cc4c21)c1sc2ccc(C(C)(C)C)cc2c1N3c1c(C)cc(-c2coc3ccccc23)cc1C. The van der Waals surface area contributed by atoms with Crippen LogP contribution in [-0.4, -0.2) is 6.71 Å². The fraction of sp³-hybridized carbons (Fsp3) is 0.242. The zero-order chi connectivity index (χ0) is 50.8. The number of furan rings is 2. The molecule has 0 fully saturated rings. The Morgan fingerprint density at radius 3 is 1.18 bits per heavy atom. The molecule has 0 unspecified atom stereocenters. The van der Waals surface area contributed by atoms with Gasteiger partial charge in [0.1, 0.15) is 11.2 Å². The van der Waals surface area contributed by atoms with Gasteiger partial charge in [-0.2, -0.15) is 0 Å². The summed E-state index contributed by atoms with van der Waals surface area (Å²) in [5.41, 5.74) is 24.0. The Morgan fingerprint density at radius 1 is 0.411 bits per heavy atom. The topological polar surface area (TPSA) is 32.8 Å². The Morgan fingerprint density at radius 2 is 0.795 bits per heavy atom. The molecule has 0 radical (unpaired) electrons. The molecule has 0 amide bonds. The van der Waals surface area contributed by atoms with Crippen molar-refractivity contribution in [2.24, 2.45) is 0 Å². The molecule has 6 heterocycles. The third-order valence-corrected chi connectivity index (χ3v) is 18.3. The fourth-order valence-corrected chi connectivity index (χ4v) is 14.8. The average Bonchev–Trinajstić information content (AvgIpc) is 4.14. The third-order valence-electron chi connectivity index (χ3n) is 15.9. The van der Waals surface area contributed by atoms with Crippen LogP contribution in [0.5, 0.6) is 0 Å². The summed E-state index contributed by atoms with van der Waals surface area (Å²) in [5, 5.41) is 4.90. The smallest absolute Gasteiger partial charge is 0.277 e. The van der Waals surface area contributed by atoms with E-state index in [0.29, 0.717) is 0 Å².